The highest BCUT2D eigenvalue weighted by molar-refractivity contribution is 5.72. The van der Waals surface area contributed by atoms with Gasteiger partial charge in [0, 0.05) is 31.1 Å². The molecule has 0 aliphatic heterocycles. The van der Waals surface area contributed by atoms with Crippen LogP contribution in [-0.2, 0) is 13.0 Å². The van der Waals surface area contributed by atoms with E-state index < -0.39 is 0 Å². The van der Waals surface area contributed by atoms with E-state index in [1.807, 2.05) is 41.1 Å². The fourth-order valence-electron chi connectivity index (χ4n) is 1.52. The van der Waals surface area contributed by atoms with Crippen LogP contribution in [0.2, 0.25) is 0 Å². The minimum Gasteiger partial charge on any atom is -0.345 e. The molecule has 0 spiro atoms. The van der Waals surface area contributed by atoms with E-state index in [4.69, 9.17) is 0 Å². The Hall–Kier alpha value is -1.90. The molecule has 0 radical (unpaired) electrons. The lowest BCUT2D eigenvalue weighted by atomic mass is 10.2. The van der Waals surface area contributed by atoms with Gasteiger partial charge in [0.15, 0.2) is 6.29 Å². The van der Waals surface area contributed by atoms with Crippen molar-refractivity contribution < 1.29 is 4.79 Å². The number of carbonyl (C=O) groups is 1. The van der Waals surface area contributed by atoms with E-state index in [2.05, 4.69) is 4.98 Å². The molecule has 0 saturated carbocycles. The maximum atomic E-state index is 10.7. The number of aromatic nitrogens is 2. The molecule has 2 rings (SSSR count). The van der Waals surface area contributed by atoms with Crippen molar-refractivity contribution in [3.8, 4) is 0 Å². The van der Waals surface area contributed by atoms with Crippen molar-refractivity contribution in [3.05, 3.63) is 54.1 Å². The minimum absolute atomic E-state index is 0.714. The molecule has 3 heteroatoms. The van der Waals surface area contributed by atoms with E-state index in [-0.39, 0.29) is 0 Å². The van der Waals surface area contributed by atoms with Gasteiger partial charge in [0.1, 0.15) is 0 Å². The quantitative estimate of drug-likeness (QED) is 0.707. The highest BCUT2D eigenvalue weighted by atomic mass is 16.1. The largest absolute Gasteiger partial charge is 0.345 e. The van der Waals surface area contributed by atoms with Gasteiger partial charge in [0.05, 0.1) is 5.69 Å². The zero-order valence-electron chi connectivity index (χ0n) is 8.34. The van der Waals surface area contributed by atoms with Crippen molar-refractivity contribution >= 4 is 6.29 Å². The van der Waals surface area contributed by atoms with Crippen molar-refractivity contribution in [1.82, 2.24) is 9.55 Å². The Kier molecular flexibility index (Phi) is 2.93. The number of rotatable bonds is 4. The molecular weight excluding hydrogens is 188 g/mol. The second-order valence-electron chi connectivity index (χ2n) is 3.32. The number of aldehydes is 1. The van der Waals surface area contributed by atoms with Crippen molar-refractivity contribution in [2.45, 2.75) is 13.0 Å². The zero-order chi connectivity index (χ0) is 10.5. The van der Waals surface area contributed by atoms with Crippen LogP contribution in [-0.4, -0.2) is 15.8 Å². The Morgan fingerprint density at radius 3 is 2.93 bits per heavy atom. The number of hydrogen-bond acceptors (Lipinski definition) is 2. The van der Waals surface area contributed by atoms with Gasteiger partial charge in [0.25, 0.3) is 0 Å². The lowest BCUT2D eigenvalue weighted by Gasteiger charge is -2.04. The van der Waals surface area contributed by atoms with E-state index >= 15 is 0 Å². The molecule has 0 bridgehead atoms. The molecule has 0 aliphatic carbocycles. The summed E-state index contributed by atoms with van der Waals surface area (Å²) in [4.78, 5) is 14.9. The fraction of sp³-hybridized carbons (Fsp3) is 0.167. The Balaban J connectivity index is 2.02. The second-order valence-corrected chi connectivity index (χ2v) is 3.32. The first kappa shape index (κ1) is 9.65. The van der Waals surface area contributed by atoms with Crippen molar-refractivity contribution in [1.29, 1.82) is 0 Å². The van der Waals surface area contributed by atoms with Crippen LogP contribution < -0.4 is 0 Å². The summed E-state index contributed by atoms with van der Waals surface area (Å²) in [6, 6.07) is 9.55. The summed E-state index contributed by atoms with van der Waals surface area (Å²) in [6.07, 6.45) is 5.41. The van der Waals surface area contributed by atoms with Gasteiger partial charge in [-0.2, -0.15) is 0 Å². The number of pyridine rings is 1. The Bertz CT molecular complexity index is 434. The monoisotopic (exact) mass is 200 g/mol. The molecule has 0 N–H and O–H groups in total. The van der Waals surface area contributed by atoms with Crippen LogP contribution in [0.3, 0.4) is 0 Å². The van der Waals surface area contributed by atoms with E-state index in [0.717, 1.165) is 24.9 Å². The topological polar surface area (TPSA) is 34.9 Å². The van der Waals surface area contributed by atoms with Crippen LogP contribution in [0.1, 0.15) is 16.2 Å². The molecule has 2 heterocycles. The van der Waals surface area contributed by atoms with Crippen LogP contribution in [0.15, 0.2) is 42.7 Å². The summed E-state index contributed by atoms with van der Waals surface area (Å²) in [5, 5.41) is 0. The van der Waals surface area contributed by atoms with Crippen molar-refractivity contribution in [2.24, 2.45) is 0 Å². The molecule has 0 fully saturated rings. The number of aryl methyl sites for hydroxylation is 2. The van der Waals surface area contributed by atoms with Gasteiger partial charge < -0.3 is 4.57 Å². The highest BCUT2D eigenvalue weighted by Gasteiger charge is 1.99. The van der Waals surface area contributed by atoms with Gasteiger partial charge in [-0.15, -0.1) is 0 Å². The normalized spacial score (nSPS) is 10.1. The molecule has 0 atom stereocenters. The lowest BCUT2D eigenvalue weighted by Crippen LogP contribution is -2.04. The first-order chi connectivity index (χ1) is 7.40. The highest BCUT2D eigenvalue weighted by Crippen LogP contribution is 2.02. The second kappa shape index (κ2) is 4.55. The molecule has 0 unspecified atom stereocenters. The van der Waals surface area contributed by atoms with Crippen molar-refractivity contribution in [2.75, 3.05) is 0 Å². The predicted octanol–water partition coefficient (Wildman–Crippen LogP) is 1.94. The van der Waals surface area contributed by atoms with Crippen LogP contribution >= 0.6 is 0 Å². The molecule has 2 aromatic rings. The molecule has 0 amide bonds. The number of nitrogens with zero attached hydrogens (tertiary/aromatic N) is 2. The molecule has 2 aromatic heterocycles. The van der Waals surface area contributed by atoms with E-state index in [9.17, 15) is 4.79 Å². The van der Waals surface area contributed by atoms with Crippen LogP contribution in [0.5, 0.6) is 0 Å². The van der Waals surface area contributed by atoms with Gasteiger partial charge in [-0.3, -0.25) is 9.78 Å². The summed E-state index contributed by atoms with van der Waals surface area (Å²) >= 11 is 0. The maximum Gasteiger partial charge on any atom is 0.166 e. The van der Waals surface area contributed by atoms with Crippen molar-refractivity contribution in [3.63, 3.8) is 0 Å². The fourth-order valence-corrected chi connectivity index (χ4v) is 1.52. The third-order valence-corrected chi connectivity index (χ3v) is 2.32. The van der Waals surface area contributed by atoms with E-state index in [0.29, 0.717) is 5.69 Å². The first-order valence-corrected chi connectivity index (χ1v) is 4.90. The van der Waals surface area contributed by atoms with Gasteiger partial charge in [-0.05, 0) is 24.3 Å². The van der Waals surface area contributed by atoms with Gasteiger partial charge in [-0.1, -0.05) is 6.07 Å². The predicted molar refractivity (Wildman–Crippen MR) is 57.8 cm³/mol. The SMILES string of the molecule is O=Cc1cccn1CCc1ccccn1. The average Bonchev–Trinajstić information content (AvgIpc) is 2.75. The average molecular weight is 200 g/mol. The Morgan fingerprint density at radius 2 is 2.20 bits per heavy atom. The molecule has 0 aromatic carbocycles. The zero-order valence-corrected chi connectivity index (χ0v) is 8.34. The first-order valence-electron chi connectivity index (χ1n) is 4.90. The van der Waals surface area contributed by atoms with Crippen LogP contribution in [0.25, 0.3) is 0 Å². The molecule has 0 saturated heterocycles. The Labute approximate surface area is 88.4 Å². The third-order valence-electron chi connectivity index (χ3n) is 2.32. The van der Waals surface area contributed by atoms with E-state index in [1.165, 1.54) is 0 Å². The summed E-state index contributed by atoms with van der Waals surface area (Å²) in [6.45, 7) is 0.790. The van der Waals surface area contributed by atoms with Crippen LogP contribution in [0.4, 0.5) is 0 Å². The smallest absolute Gasteiger partial charge is 0.166 e. The molecule has 76 valence electrons. The molecule has 3 nitrogen and oxygen atoms in total. The standard InChI is InChI=1S/C12H12N2O/c15-10-12-5-3-8-14(12)9-6-11-4-1-2-7-13-11/h1-5,7-8,10H,6,9H2. The third kappa shape index (κ3) is 2.31. The summed E-state index contributed by atoms with van der Waals surface area (Å²) < 4.78 is 1.93. The summed E-state index contributed by atoms with van der Waals surface area (Å²) in [5.41, 5.74) is 1.76. The van der Waals surface area contributed by atoms with Gasteiger partial charge in [0.2, 0.25) is 0 Å². The van der Waals surface area contributed by atoms with Crippen LogP contribution in [0, 0.1) is 0 Å². The summed E-state index contributed by atoms with van der Waals surface area (Å²) in [7, 11) is 0. The van der Waals surface area contributed by atoms with E-state index in [1.54, 1.807) is 6.20 Å². The molecule has 0 aliphatic rings. The van der Waals surface area contributed by atoms with Gasteiger partial charge in [-0.25, -0.2) is 0 Å². The lowest BCUT2D eigenvalue weighted by molar-refractivity contribution is 0.111. The maximum absolute atomic E-state index is 10.7. The molecule has 15 heavy (non-hydrogen) atoms. The summed E-state index contributed by atoms with van der Waals surface area (Å²) in [5.74, 6) is 0. The minimum atomic E-state index is 0.714. The Morgan fingerprint density at radius 1 is 1.27 bits per heavy atom. The molecular formula is C12H12N2O. The number of hydrogen-bond donors (Lipinski definition) is 0. The number of carbonyl (C=O) groups excluding carboxylic acids is 1. The van der Waals surface area contributed by atoms with Gasteiger partial charge >= 0.3 is 0 Å².